The molecule has 1 heterocycles. The summed E-state index contributed by atoms with van der Waals surface area (Å²) in [6.45, 7) is 12.2. The van der Waals surface area contributed by atoms with Crippen LogP contribution in [0.3, 0.4) is 0 Å². The van der Waals surface area contributed by atoms with E-state index in [9.17, 15) is 9.59 Å². The van der Waals surface area contributed by atoms with Gasteiger partial charge in [0.1, 0.15) is 5.41 Å². The number of benzene rings is 2. The smallest absolute Gasteiger partial charge is 0.239 e. The molecule has 2 aromatic carbocycles. The van der Waals surface area contributed by atoms with Crippen molar-refractivity contribution in [3.63, 3.8) is 0 Å². The van der Waals surface area contributed by atoms with Gasteiger partial charge in [0, 0.05) is 37.6 Å². The van der Waals surface area contributed by atoms with Gasteiger partial charge in [-0.1, -0.05) is 35.9 Å². The van der Waals surface area contributed by atoms with Gasteiger partial charge in [-0.25, -0.2) is 0 Å². The highest BCUT2D eigenvalue weighted by atomic mass is 16.2. The van der Waals surface area contributed by atoms with Gasteiger partial charge >= 0.3 is 0 Å². The minimum absolute atomic E-state index is 0.120. The number of amides is 2. The lowest BCUT2D eigenvalue weighted by Crippen LogP contribution is -2.54. The highest BCUT2D eigenvalue weighted by Crippen LogP contribution is 2.27. The van der Waals surface area contributed by atoms with Gasteiger partial charge in [-0.15, -0.1) is 0 Å². The van der Waals surface area contributed by atoms with Crippen LogP contribution in [0.4, 0.5) is 11.4 Å². The van der Waals surface area contributed by atoms with Crippen LogP contribution in [0, 0.1) is 26.2 Å². The Hall–Kier alpha value is -2.82. The third-order valence-corrected chi connectivity index (χ3v) is 5.71. The summed E-state index contributed by atoms with van der Waals surface area (Å²) in [6, 6.07) is 14.3. The molecule has 154 valence electrons. The number of rotatable bonds is 4. The minimum atomic E-state index is -1.13. The third-order valence-electron chi connectivity index (χ3n) is 5.71. The average molecular weight is 394 g/mol. The molecule has 2 amide bonds. The summed E-state index contributed by atoms with van der Waals surface area (Å²) in [6.07, 6.45) is 0. The third kappa shape index (κ3) is 4.44. The number of piperazine rings is 1. The van der Waals surface area contributed by atoms with Gasteiger partial charge in [-0.2, -0.15) is 0 Å². The Morgan fingerprint density at radius 1 is 0.897 bits per heavy atom. The Morgan fingerprint density at radius 3 is 2.00 bits per heavy atom. The summed E-state index contributed by atoms with van der Waals surface area (Å²) in [4.78, 5) is 30.3. The summed E-state index contributed by atoms with van der Waals surface area (Å²) < 4.78 is 0. The fourth-order valence-electron chi connectivity index (χ4n) is 3.95. The molecule has 1 aliphatic rings. The topological polar surface area (TPSA) is 52.7 Å². The molecule has 0 atom stereocenters. The van der Waals surface area contributed by atoms with Crippen molar-refractivity contribution in [2.45, 2.75) is 34.6 Å². The molecule has 0 aromatic heterocycles. The molecule has 1 saturated heterocycles. The average Bonchev–Trinajstić information content (AvgIpc) is 2.70. The fraction of sp³-hybridized carbons (Fsp3) is 0.417. The second-order valence-corrected chi connectivity index (χ2v) is 8.47. The summed E-state index contributed by atoms with van der Waals surface area (Å²) in [7, 11) is 0. The predicted octanol–water partition coefficient (Wildman–Crippen LogP) is 3.93. The summed E-state index contributed by atoms with van der Waals surface area (Å²) in [5.41, 5.74) is 4.02. The number of hydrogen-bond donors (Lipinski definition) is 1. The van der Waals surface area contributed by atoms with Crippen molar-refractivity contribution in [3.05, 3.63) is 59.2 Å². The molecule has 3 rings (SSSR count). The van der Waals surface area contributed by atoms with Crippen LogP contribution in [-0.4, -0.2) is 42.9 Å². The van der Waals surface area contributed by atoms with Crippen molar-refractivity contribution >= 4 is 23.2 Å². The number of anilines is 2. The SMILES string of the molecule is Cc1cc(C)c(NC(=O)C(C)(C)C(=O)N2CCN(c3ccccc3)CC2)c(C)c1. The number of nitrogens with one attached hydrogen (secondary N) is 1. The van der Waals surface area contributed by atoms with Gasteiger partial charge < -0.3 is 15.1 Å². The first kappa shape index (κ1) is 20.9. The standard InChI is InChI=1S/C24H31N3O2/c1-17-15-18(2)21(19(3)16-17)25-22(28)24(4,5)23(29)27-13-11-26(12-14-27)20-9-7-6-8-10-20/h6-10,15-16H,11-14H2,1-5H3,(H,25,28). The monoisotopic (exact) mass is 393 g/mol. The molecule has 29 heavy (non-hydrogen) atoms. The Kier molecular flexibility index (Phi) is 5.96. The molecule has 0 saturated carbocycles. The molecule has 5 heteroatoms. The zero-order chi connectivity index (χ0) is 21.2. The van der Waals surface area contributed by atoms with Crippen molar-refractivity contribution in [1.82, 2.24) is 4.90 Å². The van der Waals surface area contributed by atoms with E-state index in [1.807, 2.05) is 56.0 Å². The van der Waals surface area contributed by atoms with Crippen molar-refractivity contribution < 1.29 is 9.59 Å². The predicted molar refractivity (Wildman–Crippen MR) is 118 cm³/mol. The maximum Gasteiger partial charge on any atom is 0.239 e. The Balaban J connectivity index is 1.66. The number of carbonyl (C=O) groups excluding carboxylic acids is 2. The van der Waals surface area contributed by atoms with Crippen LogP contribution < -0.4 is 10.2 Å². The number of para-hydroxylation sites is 1. The number of carbonyl (C=O) groups is 2. The van der Waals surface area contributed by atoms with Gasteiger partial charge in [-0.3, -0.25) is 9.59 Å². The lowest BCUT2D eigenvalue weighted by atomic mass is 9.89. The van der Waals surface area contributed by atoms with Gasteiger partial charge in [0.25, 0.3) is 0 Å². The zero-order valence-electron chi connectivity index (χ0n) is 18.1. The normalized spacial score (nSPS) is 14.7. The lowest BCUT2D eigenvalue weighted by molar-refractivity contribution is -0.146. The van der Waals surface area contributed by atoms with E-state index in [0.29, 0.717) is 13.1 Å². The Bertz CT molecular complexity index is 875. The van der Waals surface area contributed by atoms with Gasteiger partial charge in [0.2, 0.25) is 11.8 Å². The maximum absolute atomic E-state index is 13.2. The molecule has 5 nitrogen and oxygen atoms in total. The molecule has 0 spiro atoms. The highest BCUT2D eigenvalue weighted by molar-refractivity contribution is 6.10. The zero-order valence-corrected chi connectivity index (χ0v) is 18.1. The van der Waals surface area contributed by atoms with Gasteiger partial charge in [0.15, 0.2) is 0 Å². The summed E-state index contributed by atoms with van der Waals surface area (Å²) >= 11 is 0. The Labute approximate surface area is 173 Å². The van der Waals surface area contributed by atoms with Crippen molar-refractivity contribution in [2.24, 2.45) is 5.41 Å². The maximum atomic E-state index is 13.2. The van der Waals surface area contributed by atoms with E-state index < -0.39 is 5.41 Å². The first-order valence-electron chi connectivity index (χ1n) is 10.2. The molecule has 2 aromatic rings. The fourth-order valence-corrected chi connectivity index (χ4v) is 3.95. The van der Waals surface area contributed by atoms with Crippen LogP contribution >= 0.6 is 0 Å². The molecule has 0 unspecified atom stereocenters. The van der Waals surface area contributed by atoms with Crippen molar-refractivity contribution in [2.75, 3.05) is 36.4 Å². The molecule has 0 bridgehead atoms. The number of hydrogen-bond acceptors (Lipinski definition) is 3. The molecule has 1 aliphatic heterocycles. The number of nitrogens with zero attached hydrogens (tertiary/aromatic N) is 2. The summed E-state index contributed by atoms with van der Waals surface area (Å²) in [5, 5.41) is 3.00. The van der Waals surface area contributed by atoms with E-state index >= 15 is 0 Å². The molecule has 1 N–H and O–H groups in total. The molecule has 0 radical (unpaired) electrons. The Morgan fingerprint density at radius 2 is 1.45 bits per heavy atom. The van der Waals surface area contributed by atoms with E-state index in [4.69, 9.17) is 0 Å². The lowest BCUT2D eigenvalue weighted by Gasteiger charge is -2.39. The second-order valence-electron chi connectivity index (χ2n) is 8.47. The van der Waals surface area contributed by atoms with E-state index in [-0.39, 0.29) is 11.8 Å². The van der Waals surface area contributed by atoms with Crippen LogP contribution in [0.15, 0.2) is 42.5 Å². The van der Waals surface area contributed by atoms with Crippen molar-refractivity contribution in [1.29, 1.82) is 0 Å². The van der Waals surface area contributed by atoms with Gasteiger partial charge in [0.05, 0.1) is 0 Å². The largest absolute Gasteiger partial charge is 0.368 e. The first-order chi connectivity index (χ1) is 13.7. The van der Waals surface area contributed by atoms with E-state index in [0.717, 1.165) is 35.5 Å². The van der Waals surface area contributed by atoms with Crippen LogP contribution in [0.2, 0.25) is 0 Å². The minimum Gasteiger partial charge on any atom is -0.368 e. The number of aryl methyl sites for hydroxylation is 3. The van der Waals surface area contributed by atoms with E-state index in [1.165, 1.54) is 5.69 Å². The highest BCUT2D eigenvalue weighted by Gasteiger charge is 2.40. The van der Waals surface area contributed by atoms with Crippen LogP contribution in [0.1, 0.15) is 30.5 Å². The van der Waals surface area contributed by atoms with Crippen LogP contribution in [-0.2, 0) is 9.59 Å². The van der Waals surface area contributed by atoms with E-state index in [2.05, 4.69) is 22.3 Å². The van der Waals surface area contributed by atoms with Crippen LogP contribution in [0.5, 0.6) is 0 Å². The molecular formula is C24H31N3O2. The molecule has 1 fully saturated rings. The van der Waals surface area contributed by atoms with E-state index in [1.54, 1.807) is 13.8 Å². The van der Waals surface area contributed by atoms with Crippen molar-refractivity contribution in [3.8, 4) is 0 Å². The quantitative estimate of drug-likeness (QED) is 0.801. The molecule has 0 aliphatic carbocycles. The van der Waals surface area contributed by atoms with Gasteiger partial charge in [-0.05, 0) is 57.9 Å². The molecular weight excluding hydrogens is 362 g/mol. The first-order valence-corrected chi connectivity index (χ1v) is 10.2. The van der Waals surface area contributed by atoms with Crippen LogP contribution in [0.25, 0.3) is 0 Å². The summed E-state index contributed by atoms with van der Waals surface area (Å²) in [5.74, 6) is -0.381. The second kappa shape index (κ2) is 8.27.